The molecule has 0 bridgehead atoms. The second-order valence-corrected chi connectivity index (χ2v) is 6.46. The fraction of sp³-hybridized carbons (Fsp3) is 0.182. The number of hydrogen-bond donors (Lipinski definition) is 1. The molecule has 0 unspecified atom stereocenters. The number of nitrogens with one attached hydrogen (secondary N) is 1. The summed E-state index contributed by atoms with van der Waals surface area (Å²) in [6, 6.07) is 12.9. The molecule has 1 aliphatic rings. The van der Waals surface area contributed by atoms with Crippen molar-refractivity contribution in [3.05, 3.63) is 83.7 Å². The molecule has 0 radical (unpaired) electrons. The Hall–Kier alpha value is -2.94. The maximum absolute atomic E-state index is 4.88. The molecule has 0 fully saturated rings. The zero-order chi connectivity index (χ0) is 17.2. The summed E-state index contributed by atoms with van der Waals surface area (Å²) in [6.45, 7) is 5.98. The number of imidazole rings is 1. The van der Waals surface area contributed by atoms with Gasteiger partial charge in [0.05, 0.1) is 28.8 Å². The van der Waals surface area contributed by atoms with Crippen LogP contribution in [0.4, 0.5) is 0 Å². The van der Waals surface area contributed by atoms with Crippen LogP contribution in [0.15, 0.2) is 66.4 Å². The van der Waals surface area contributed by atoms with Gasteiger partial charge in [-0.15, -0.1) is 6.58 Å². The fourth-order valence-corrected chi connectivity index (χ4v) is 3.30. The smallest absolute Gasteiger partial charge is 0.0931 e. The molecule has 0 atom stereocenters. The largest absolute Gasteiger partial charge is 0.345 e. The van der Waals surface area contributed by atoms with Gasteiger partial charge in [0.1, 0.15) is 0 Å². The van der Waals surface area contributed by atoms with E-state index in [1.165, 1.54) is 16.7 Å². The molecule has 0 aliphatic carbocycles. The Balaban J connectivity index is 1.59. The molecule has 124 valence electrons. The van der Waals surface area contributed by atoms with Gasteiger partial charge in [0.2, 0.25) is 0 Å². The average molecular weight is 327 g/mol. The van der Waals surface area contributed by atoms with E-state index in [0.29, 0.717) is 0 Å². The number of hydrogen-bond acceptors (Lipinski definition) is 2. The molecule has 3 aromatic rings. The van der Waals surface area contributed by atoms with E-state index in [-0.39, 0.29) is 0 Å². The lowest BCUT2D eigenvalue weighted by molar-refractivity contribution is 0.989. The Labute approximate surface area is 147 Å². The lowest BCUT2D eigenvalue weighted by Crippen LogP contribution is -1.99. The van der Waals surface area contributed by atoms with Crippen molar-refractivity contribution in [1.29, 1.82) is 0 Å². The molecule has 25 heavy (non-hydrogen) atoms. The molecule has 0 saturated heterocycles. The number of H-pyrrole nitrogens is 1. The summed E-state index contributed by atoms with van der Waals surface area (Å²) in [5, 5.41) is 0. The van der Waals surface area contributed by atoms with E-state index in [4.69, 9.17) is 4.99 Å². The predicted octanol–water partition coefficient (Wildman–Crippen LogP) is 5.22. The van der Waals surface area contributed by atoms with Gasteiger partial charge in [0.15, 0.2) is 0 Å². The third-order valence-electron chi connectivity index (χ3n) is 4.75. The topological polar surface area (TPSA) is 41.0 Å². The number of rotatable bonds is 5. The number of aryl methyl sites for hydroxylation is 2. The summed E-state index contributed by atoms with van der Waals surface area (Å²) in [5.41, 5.74) is 9.25. The number of fused-ring (bicyclic) bond motifs is 1. The average Bonchev–Trinajstić information content (AvgIpc) is 3.29. The van der Waals surface area contributed by atoms with Gasteiger partial charge in [0.25, 0.3) is 0 Å². The second-order valence-electron chi connectivity index (χ2n) is 6.46. The molecule has 0 spiro atoms. The van der Waals surface area contributed by atoms with Crippen LogP contribution >= 0.6 is 0 Å². The van der Waals surface area contributed by atoms with Gasteiger partial charge in [-0.25, -0.2) is 4.98 Å². The molecule has 3 nitrogen and oxygen atoms in total. The number of nitrogens with zero attached hydrogens (tertiary/aromatic N) is 2. The first-order valence-corrected chi connectivity index (χ1v) is 8.66. The van der Waals surface area contributed by atoms with Gasteiger partial charge >= 0.3 is 0 Å². The van der Waals surface area contributed by atoms with Crippen LogP contribution in [0, 0.1) is 6.92 Å². The summed E-state index contributed by atoms with van der Waals surface area (Å²) in [4.78, 5) is 12.3. The zero-order valence-electron chi connectivity index (χ0n) is 14.4. The number of aromatic nitrogens is 2. The summed E-state index contributed by atoms with van der Waals surface area (Å²) in [5.74, 6) is 0. The molecular formula is C22H21N3. The van der Waals surface area contributed by atoms with Crippen molar-refractivity contribution in [2.75, 3.05) is 0 Å². The lowest BCUT2D eigenvalue weighted by atomic mass is 9.98. The minimum absolute atomic E-state index is 0.874. The van der Waals surface area contributed by atoms with Gasteiger partial charge in [-0.3, -0.25) is 4.99 Å². The van der Waals surface area contributed by atoms with E-state index in [1.54, 1.807) is 6.33 Å². The molecule has 1 aromatic heterocycles. The molecule has 2 aromatic carbocycles. The first-order chi connectivity index (χ1) is 12.2. The summed E-state index contributed by atoms with van der Waals surface area (Å²) in [6.07, 6.45) is 8.84. The van der Waals surface area contributed by atoms with Gasteiger partial charge in [-0.1, -0.05) is 30.4 Å². The predicted molar refractivity (Wildman–Crippen MR) is 105 cm³/mol. The van der Waals surface area contributed by atoms with Crippen LogP contribution in [0.3, 0.4) is 0 Å². The summed E-state index contributed by atoms with van der Waals surface area (Å²) in [7, 11) is 0. The zero-order valence-corrected chi connectivity index (χ0v) is 14.4. The first-order valence-electron chi connectivity index (χ1n) is 8.66. The normalized spacial score (nSPS) is 13.8. The van der Waals surface area contributed by atoms with Crippen molar-refractivity contribution < 1.29 is 0 Å². The molecule has 4 rings (SSSR count). The van der Waals surface area contributed by atoms with Crippen molar-refractivity contribution in [1.82, 2.24) is 9.97 Å². The van der Waals surface area contributed by atoms with Crippen molar-refractivity contribution in [2.45, 2.75) is 26.2 Å². The Bertz CT molecular complexity index is 1010. The second kappa shape index (κ2) is 6.52. The van der Waals surface area contributed by atoms with Gasteiger partial charge in [-0.05, 0) is 54.7 Å². The quantitative estimate of drug-likeness (QED) is 0.641. The van der Waals surface area contributed by atoms with Crippen LogP contribution in [-0.2, 0) is 6.42 Å². The minimum atomic E-state index is 0.874. The summed E-state index contributed by atoms with van der Waals surface area (Å²) < 4.78 is 0. The molecule has 1 N–H and O–H groups in total. The van der Waals surface area contributed by atoms with E-state index < -0.39 is 0 Å². The highest BCUT2D eigenvalue weighted by molar-refractivity contribution is 6.07. The number of aliphatic imine (C=N–C) groups is 1. The van der Waals surface area contributed by atoms with Gasteiger partial charge in [-0.2, -0.15) is 0 Å². The van der Waals surface area contributed by atoms with Gasteiger partial charge < -0.3 is 4.98 Å². The third kappa shape index (κ3) is 3.05. The van der Waals surface area contributed by atoms with E-state index in [2.05, 4.69) is 65.9 Å². The molecule has 2 heterocycles. The van der Waals surface area contributed by atoms with Crippen molar-refractivity contribution in [3.63, 3.8) is 0 Å². The number of aromatic amines is 1. The highest BCUT2D eigenvalue weighted by atomic mass is 14.9. The Kier molecular flexibility index (Phi) is 4.06. The van der Waals surface area contributed by atoms with Crippen LogP contribution in [0.5, 0.6) is 0 Å². The van der Waals surface area contributed by atoms with Crippen LogP contribution in [0.2, 0.25) is 0 Å². The molecular weight excluding hydrogens is 306 g/mol. The Morgan fingerprint density at radius 2 is 2.04 bits per heavy atom. The maximum Gasteiger partial charge on any atom is 0.0931 e. The third-order valence-corrected chi connectivity index (χ3v) is 4.75. The number of benzene rings is 2. The van der Waals surface area contributed by atoms with Crippen molar-refractivity contribution in [2.24, 2.45) is 4.99 Å². The van der Waals surface area contributed by atoms with E-state index in [9.17, 15) is 0 Å². The van der Waals surface area contributed by atoms with E-state index in [0.717, 1.165) is 47.3 Å². The Morgan fingerprint density at radius 3 is 2.88 bits per heavy atom. The molecule has 3 heteroatoms. The van der Waals surface area contributed by atoms with Crippen LogP contribution in [-0.4, -0.2) is 15.7 Å². The van der Waals surface area contributed by atoms with Crippen LogP contribution in [0.25, 0.3) is 16.7 Å². The Morgan fingerprint density at radius 1 is 1.16 bits per heavy atom. The highest BCUT2D eigenvalue weighted by Gasteiger charge is 2.14. The standard InChI is InChI=1S/C22H21N3/c1-3-4-5-16-6-7-17(12-15(16)2)19-10-11-20(25-19)18-8-9-21-22(13-18)24-14-23-21/h3,6-9,11-14H,1,4-5,10H2,2H3,(H,23,24). The van der Waals surface area contributed by atoms with E-state index >= 15 is 0 Å². The summed E-state index contributed by atoms with van der Waals surface area (Å²) >= 11 is 0. The minimum Gasteiger partial charge on any atom is -0.345 e. The van der Waals surface area contributed by atoms with E-state index in [1.807, 2.05) is 6.08 Å². The monoisotopic (exact) mass is 327 g/mol. The molecule has 0 saturated carbocycles. The van der Waals surface area contributed by atoms with Crippen LogP contribution < -0.4 is 0 Å². The molecule has 0 amide bonds. The maximum atomic E-state index is 4.88. The fourth-order valence-electron chi connectivity index (χ4n) is 3.30. The van der Waals surface area contributed by atoms with Crippen LogP contribution in [0.1, 0.15) is 35.1 Å². The highest BCUT2D eigenvalue weighted by Crippen LogP contribution is 2.27. The molecule has 1 aliphatic heterocycles. The SMILES string of the molecule is C=CCCc1ccc(C2=NC(c3ccc4[nH]cnc4c3)=CC2)cc1C. The lowest BCUT2D eigenvalue weighted by Gasteiger charge is -2.08. The van der Waals surface area contributed by atoms with Gasteiger partial charge in [0, 0.05) is 12.0 Å². The van der Waals surface area contributed by atoms with Crippen molar-refractivity contribution in [3.8, 4) is 0 Å². The van der Waals surface area contributed by atoms with Crippen molar-refractivity contribution >= 4 is 22.4 Å². The number of allylic oxidation sites excluding steroid dienone is 2. The first kappa shape index (κ1) is 15.6.